The average Bonchev–Trinajstić information content (AvgIpc) is 2.36. The lowest BCUT2D eigenvalue weighted by Gasteiger charge is -2.35. The molecule has 0 aromatic carbocycles. The van der Waals surface area contributed by atoms with Crippen LogP contribution in [0.1, 0.15) is 38.5 Å². The van der Waals surface area contributed by atoms with Crippen molar-refractivity contribution in [3.05, 3.63) is 0 Å². The first-order valence-electron chi connectivity index (χ1n) is 6.33. The van der Waals surface area contributed by atoms with Crippen LogP contribution in [-0.2, 0) is 14.3 Å². The van der Waals surface area contributed by atoms with E-state index in [0.29, 0.717) is 6.54 Å². The van der Waals surface area contributed by atoms with E-state index in [0.717, 1.165) is 25.7 Å². The second-order valence-corrected chi connectivity index (χ2v) is 5.07. The summed E-state index contributed by atoms with van der Waals surface area (Å²) < 4.78 is 4.89. The fourth-order valence-corrected chi connectivity index (χ4v) is 2.37. The molecule has 104 valence electrons. The third kappa shape index (κ3) is 4.27. The second-order valence-electron chi connectivity index (χ2n) is 5.07. The maximum absolute atomic E-state index is 11.7. The Kier molecular flexibility index (Phi) is 5.55. The molecular formula is C12H22N2O4. The van der Waals surface area contributed by atoms with Crippen LogP contribution >= 0.6 is 0 Å². The van der Waals surface area contributed by atoms with Crippen LogP contribution in [0.4, 0.5) is 0 Å². The van der Waals surface area contributed by atoms with Crippen molar-refractivity contribution in [2.75, 3.05) is 13.2 Å². The van der Waals surface area contributed by atoms with Crippen molar-refractivity contribution in [3.63, 3.8) is 0 Å². The van der Waals surface area contributed by atoms with Crippen LogP contribution in [0.15, 0.2) is 0 Å². The Morgan fingerprint density at radius 2 is 1.89 bits per heavy atom. The van der Waals surface area contributed by atoms with Crippen LogP contribution in [0.3, 0.4) is 0 Å². The Balaban J connectivity index is 2.40. The number of carbonyl (C=O) groups is 2. The standard InChI is InChI=1S/C12H22N2O4/c13-8-12(4-2-1-3-5-12)6-10(15)18-7-9(14)11(16)17/h9H,1-8,13-14H2,(H,16,17)/t9-/m0/s1. The van der Waals surface area contributed by atoms with Gasteiger partial charge in [0.2, 0.25) is 0 Å². The molecule has 1 atom stereocenters. The molecule has 1 fully saturated rings. The first kappa shape index (κ1) is 14.9. The first-order valence-corrected chi connectivity index (χ1v) is 6.33. The van der Waals surface area contributed by atoms with Gasteiger partial charge in [0, 0.05) is 0 Å². The molecule has 18 heavy (non-hydrogen) atoms. The first-order chi connectivity index (χ1) is 8.49. The van der Waals surface area contributed by atoms with E-state index in [9.17, 15) is 9.59 Å². The molecule has 1 aliphatic rings. The highest BCUT2D eigenvalue weighted by molar-refractivity contribution is 5.74. The molecule has 1 rings (SSSR count). The zero-order chi connectivity index (χ0) is 13.6. The molecule has 0 spiro atoms. The van der Waals surface area contributed by atoms with E-state index in [1.807, 2.05) is 0 Å². The summed E-state index contributed by atoms with van der Waals surface area (Å²) in [4.78, 5) is 22.2. The van der Waals surface area contributed by atoms with Gasteiger partial charge in [-0.3, -0.25) is 9.59 Å². The van der Waals surface area contributed by atoms with Gasteiger partial charge in [0.25, 0.3) is 0 Å². The predicted octanol–water partition coefficient (Wildman–Crippen LogP) is 0.241. The largest absolute Gasteiger partial charge is 0.480 e. The van der Waals surface area contributed by atoms with Gasteiger partial charge < -0.3 is 21.3 Å². The maximum Gasteiger partial charge on any atom is 0.324 e. The van der Waals surface area contributed by atoms with E-state index in [2.05, 4.69) is 0 Å². The number of carboxylic acids is 1. The second kappa shape index (κ2) is 6.70. The predicted molar refractivity (Wildman–Crippen MR) is 65.8 cm³/mol. The minimum Gasteiger partial charge on any atom is -0.480 e. The summed E-state index contributed by atoms with van der Waals surface area (Å²) in [6.07, 6.45) is 5.47. The molecule has 0 unspecified atom stereocenters. The van der Waals surface area contributed by atoms with Gasteiger partial charge in [-0.15, -0.1) is 0 Å². The van der Waals surface area contributed by atoms with E-state index in [4.69, 9.17) is 21.3 Å². The van der Waals surface area contributed by atoms with Gasteiger partial charge in [-0.05, 0) is 24.8 Å². The van der Waals surface area contributed by atoms with E-state index in [1.54, 1.807) is 0 Å². The number of esters is 1. The van der Waals surface area contributed by atoms with Crippen molar-refractivity contribution in [1.29, 1.82) is 0 Å². The van der Waals surface area contributed by atoms with Crippen molar-refractivity contribution >= 4 is 11.9 Å². The van der Waals surface area contributed by atoms with Crippen LogP contribution in [0.5, 0.6) is 0 Å². The molecule has 0 saturated heterocycles. The summed E-state index contributed by atoms with van der Waals surface area (Å²) in [5.74, 6) is -1.58. The van der Waals surface area contributed by atoms with Gasteiger partial charge in [-0.2, -0.15) is 0 Å². The molecule has 5 N–H and O–H groups in total. The topological polar surface area (TPSA) is 116 Å². The number of hydrogen-bond acceptors (Lipinski definition) is 5. The fraction of sp³-hybridized carbons (Fsp3) is 0.833. The SMILES string of the molecule is NCC1(CC(=O)OC[C@H](N)C(=O)O)CCCCC1. The van der Waals surface area contributed by atoms with E-state index >= 15 is 0 Å². The molecule has 6 nitrogen and oxygen atoms in total. The average molecular weight is 258 g/mol. The monoisotopic (exact) mass is 258 g/mol. The molecule has 0 radical (unpaired) electrons. The van der Waals surface area contributed by atoms with Crippen molar-refractivity contribution in [3.8, 4) is 0 Å². The summed E-state index contributed by atoms with van der Waals surface area (Å²) in [6, 6.07) is -1.16. The molecule has 1 aliphatic carbocycles. The number of nitrogens with two attached hydrogens (primary N) is 2. The highest BCUT2D eigenvalue weighted by Gasteiger charge is 2.33. The Morgan fingerprint density at radius 3 is 2.39 bits per heavy atom. The van der Waals surface area contributed by atoms with Gasteiger partial charge in [0.05, 0.1) is 6.42 Å². The van der Waals surface area contributed by atoms with Crippen molar-refractivity contribution in [2.24, 2.45) is 16.9 Å². The number of aliphatic carboxylic acids is 1. The molecule has 0 bridgehead atoms. The van der Waals surface area contributed by atoms with Crippen molar-refractivity contribution in [1.82, 2.24) is 0 Å². The highest BCUT2D eigenvalue weighted by Crippen LogP contribution is 2.38. The molecule has 0 aromatic rings. The molecule has 6 heteroatoms. The zero-order valence-corrected chi connectivity index (χ0v) is 10.6. The molecule has 0 amide bonds. The Labute approximate surface area is 107 Å². The van der Waals surface area contributed by atoms with Crippen LogP contribution < -0.4 is 11.5 Å². The summed E-state index contributed by atoms with van der Waals surface area (Å²) in [5, 5.41) is 8.58. The Morgan fingerprint density at radius 1 is 1.28 bits per heavy atom. The number of carbonyl (C=O) groups excluding carboxylic acids is 1. The lowest BCUT2D eigenvalue weighted by Crippen LogP contribution is -2.38. The summed E-state index contributed by atoms with van der Waals surface area (Å²) in [5.41, 5.74) is 10.9. The highest BCUT2D eigenvalue weighted by atomic mass is 16.5. The normalized spacial score (nSPS) is 20.1. The van der Waals surface area contributed by atoms with Gasteiger partial charge in [0.15, 0.2) is 0 Å². The number of ether oxygens (including phenoxy) is 1. The minimum atomic E-state index is -1.17. The van der Waals surface area contributed by atoms with Crippen LogP contribution in [0, 0.1) is 5.41 Å². The quantitative estimate of drug-likeness (QED) is 0.588. The molecule has 0 aliphatic heterocycles. The maximum atomic E-state index is 11.7. The van der Waals surface area contributed by atoms with Crippen LogP contribution in [-0.4, -0.2) is 36.2 Å². The Bertz CT molecular complexity index is 300. The Hall–Kier alpha value is -1.14. The smallest absolute Gasteiger partial charge is 0.324 e. The summed E-state index contributed by atoms with van der Waals surface area (Å²) in [7, 11) is 0. The van der Waals surface area contributed by atoms with E-state index in [1.165, 1.54) is 6.42 Å². The van der Waals surface area contributed by atoms with Crippen LogP contribution in [0.2, 0.25) is 0 Å². The third-order valence-corrected chi connectivity index (χ3v) is 3.61. The number of carboxylic acid groups (broad SMARTS) is 1. The van der Waals surface area contributed by atoms with Crippen molar-refractivity contribution in [2.45, 2.75) is 44.6 Å². The van der Waals surface area contributed by atoms with E-state index in [-0.39, 0.29) is 18.4 Å². The lowest BCUT2D eigenvalue weighted by molar-refractivity contribution is -0.150. The number of hydrogen-bond donors (Lipinski definition) is 3. The van der Waals surface area contributed by atoms with Crippen molar-refractivity contribution < 1.29 is 19.4 Å². The molecule has 1 saturated carbocycles. The third-order valence-electron chi connectivity index (χ3n) is 3.61. The van der Waals surface area contributed by atoms with Crippen LogP contribution in [0.25, 0.3) is 0 Å². The molecule has 0 heterocycles. The van der Waals surface area contributed by atoms with Gasteiger partial charge >= 0.3 is 11.9 Å². The molecule has 0 aromatic heterocycles. The fourth-order valence-electron chi connectivity index (χ4n) is 2.37. The van der Waals surface area contributed by atoms with Gasteiger partial charge in [-0.1, -0.05) is 19.3 Å². The van der Waals surface area contributed by atoms with E-state index < -0.39 is 18.0 Å². The summed E-state index contributed by atoms with van der Waals surface area (Å²) in [6.45, 7) is 0.182. The summed E-state index contributed by atoms with van der Waals surface area (Å²) >= 11 is 0. The van der Waals surface area contributed by atoms with Gasteiger partial charge in [-0.25, -0.2) is 0 Å². The zero-order valence-electron chi connectivity index (χ0n) is 10.6. The van der Waals surface area contributed by atoms with Gasteiger partial charge in [0.1, 0.15) is 12.6 Å². The molecular weight excluding hydrogens is 236 g/mol. The minimum absolute atomic E-state index is 0.164. The number of rotatable bonds is 6. The lowest BCUT2D eigenvalue weighted by atomic mass is 9.72.